The Hall–Kier alpha value is -1.56. The number of ether oxygens (including phenoxy) is 1. The van der Waals surface area contributed by atoms with E-state index < -0.39 is 0 Å². The molecule has 6 heteroatoms. The van der Waals surface area contributed by atoms with Gasteiger partial charge in [-0.1, -0.05) is 24.6 Å². The van der Waals surface area contributed by atoms with Gasteiger partial charge < -0.3 is 4.74 Å². The predicted octanol–water partition coefficient (Wildman–Crippen LogP) is 2.92. The van der Waals surface area contributed by atoms with Crippen LogP contribution in [0.15, 0.2) is 36.5 Å². The van der Waals surface area contributed by atoms with Crippen molar-refractivity contribution in [1.82, 2.24) is 15.2 Å². The van der Waals surface area contributed by atoms with E-state index in [-0.39, 0.29) is 12.1 Å². The second-order valence-electron chi connectivity index (χ2n) is 4.90. The summed E-state index contributed by atoms with van der Waals surface area (Å²) in [5, 5.41) is 4.97. The first-order chi connectivity index (χ1) is 10.2. The molecule has 0 saturated carbocycles. The molecule has 0 radical (unpaired) electrons. The zero-order chi connectivity index (χ0) is 15.2. The highest BCUT2D eigenvalue weighted by Gasteiger charge is 2.23. The quantitative estimate of drug-likeness (QED) is 0.610. The highest BCUT2D eigenvalue weighted by Crippen LogP contribution is 2.23. The molecular formula is C15H21ClN4O. The van der Waals surface area contributed by atoms with Crippen LogP contribution in [0, 0.1) is 0 Å². The van der Waals surface area contributed by atoms with Crippen LogP contribution >= 0.6 is 11.6 Å². The molecule has 0 aliphatic rings. The monoisotopic (exact) mass is 308 g/mol. The molecule has 1 heterocycles. The molecule has 0 spiro atoms. The molecule has 0 bridgehead atoms. The van der Waals surface area contributed by atoms with E-state index in [9.17, 15) is 0 Å². The van der Waals surface area contributed by atoms with Crippen molar-refractivity contribution in [1.29, 1.82) is 0 Å². The maximum atomic E-state index is 5.97. The Morgan fingerprint density at radius 1 is 1.43 bits per heavy atom. The number of aromatic nitrogens is 2. The third-order valence-corrected chi connectivity index (χ3v) is 3.51. The highest BCUT2D eigenvalue weighted by atomic mass is 35.5. The Bertz CT molecular complexity index is 572. The molecule has 21 heavy (non-hydrogen) atoms. The maximum absolute atomic E-state index is 5.97. The normalized spacial score (nSPS) is 13.9. The standard InChI is InChI=1S/C15H21ClN4O/c1-3-9-20-14(7-8-18-20)15(19-17)11(2)21-13-6-4-5-12(16)10-13/h4-8,10-11,15,19H,3,9,17H2,1-2H3. The van der Waals surface area contributed by atoms with Gasteiger partial charge in [-0.3, -0.25) is 10.5 Å². The van der Waals surface area contributed by atoms with Crippen LogP contribution in [0.1, 0.15) is 32.0 Å². The summed E-state index contributed by atoms with van der Waals surface area (Å²) in [5.41, 5.74) is 3.83. The molecule has 2 rings (SSSR count). The number of nitrogens with two attached hydrogens (primary N) is 1. The van der Waals surface area contributed by atoms with Crippen molar-refractivity contribution in [2.45, 2.75) is 39.0 Å². The summed E-state index contributed by atoms with van der Waals surface area (Å²) in [4.78, 5) is 0. The van der Waals surface area contributed by atoms with E-state index in [1.54, 1.807) is 12.3 Å². The molecule has 0 amide bonds. The number of nitrogens with one attached hydrogen (secondary N) is 1. The highest BCUT2D eigenvalue weighted by molar-refractivity contribution is 6.30. The third-order valence-electron chi connectivity index (χ3n) is 3.27. The van der Waals surface area contributed by atoms with Crippen molar-refractivity contribution in [2.75, 3.05) is 0 Å². The lowest BCUT2D eigenvalue weighted by Crippen LogP contribution is -2.39. The van der Waals surface area contributed by atoms with Gasteiger partial charge in [0.2, 0.25) is 0 Å². The van der Waals surface area contributed by atoms with Gasteiger partial charge in [-0.05, 0) is 37.6 Å². The van der Waals surface area contributed by atoms with Gasteiger partial charge in [0.05, 0.1) is 11.7 Å². The molecule has 0 fully saturated rings. The van der Waals surface area contributed by atoms with Crippen LogP contribution in [0.4, 0.5) is 0 Å². The van der Waals surface area contributed by atoms with Gasteiger partial charge in [0.25, 0.3) is 0 Å². The van der Waals surface area contributed by atoms with Crippen LogP contribution in [0.25, 0.3) is 0 Å². The van der Waals surface area contributed by atoms with Crippen molar-refractivity contribution in [3.8, 4) is 5.75 Å². The Morgan fingerprint density at radius 2 is 2.24 bits per heavy atom. The van der Waals surface area contributed by atoms with Gasteiger partial charge >= 0.3 is 0 Å². The number of hydrogen-bond donors (Lipinski definition) is 2. The number of hydrogen-bond acceptors (Lipinski definition) is 4. The summed E-state index contributed by atoms with van der Waals surface area (Å²) >= 11 is 5.97. The average Bonchev–Trinajstić information content (AvgIpc) is 2.88. The minimum absolute atomic E-state index is 0.155. The summed E-state index contributed by atoms with van der Waals surface area (Å²) in [6, 6.07) is 9.13. The van der Waals surface area contributed by atoms with Gasteiger partial charge in [-0.25, -0.2) is 5.43 Å². The van der Waals surface area contributed by atoms with Gasteiger partial charge in [-0.2, -0.15) is 5.10 Å². The lowest BCUT2D eigenvalue weighted by molar-refractivity contribution is 0.165. The SMILES string of the molecule is CCCn1nccc1C(NN)C(C)Oc1cccc(Cl)c1. The van der Waals surface area contributed by atoms with E-state index in [1.165, 1.54) is 0 Å². The molecule has 1 aromatic heterocycles. The number of halogens is 1. The van der Waals surface area contributed by atoms with Gasteiger partial charge in [-0.15, -0.1) is 0 Å². The summed E-state index contributed by atoms with van der Waals surface area (Å²) in [7, 11) is 0. The Morgan fingerprint density at radius 3 is 2.90 bits per heavy atom. The maximum Gasteiger partial charge on any atom is 0.121 e. The average molecular weight is 309 g/mol. The molecule has 1 aromatic carbocycles. The lowest BCUT2D eigenvalue weighted by Gasteiger charge is -2.25. The number of aryl methyl sites for hydroxylation is 1. The van der Waals surface area contributed by atoms with Gasteiger partial charge in [0.1, 0.15) is 11.9 Å². The van der Waals surface area contributed by atoms with Crippen molar-refractivity contribution in [3.63, 3.8) is 0 Å². The summed E-state index contributed by atoms with van der Waals surface area (Å²) in [6.07, 6.45) is 2.62. The first-order valence-corrected chi connectivity index (χ1v) is 7.43. The molecule has 0 saturated heterocycles. The van der Waals surface area contributed by atoms with E-state index in [4.69, 9.17) is 22.2 Å². The lowest BCUT2D eigenvalue weighted by atomic mass is 10.1. The van der Waals surface area contributed by atoms with Crippen molar-refractivity contribution in [3.05, 3.63) is 47.2 Å². The zero-order valence-corrected chi connectivity index (χ0v) is 13.0. The van der Waals surface area contributed by atoms with E-state index in [1.807, 2.05) is 35.9 Å². The van der Waals surface area contributed by atoms with Crippen LogP contribution in [-0.2, 0) is 6.54 Å². The Balaban J connectivity index is 2.14. The largest absolute Gasteiger partial charge is 0.489 e. The van der Waals surface area contributed by atoms with Crippen LogP contribution < -0.4 is 16.0 Å². The fourth-order valence-electron chi connectivity index (χ4n) is 2.29. The smallest absolute Gasteiger partial charge is 0.121 e. The van der Waals surface area contributed by atoms with E-state index in [0.29, 0.717) is 5.02 Å². The molecule has 0 aliphatic heterocycles. The molecule has 2 atom stereocenters. The van der Waals surface area contributed by atoms with Crippen LogP contribution in [0.2, 0.25) is 5.02 Å². The van der Waals surface area contributed by atoms with Gasteiger partial charge in [0.15, 0.2) is 0 Å². The van der Waals surface area contributed by atoms with Crippen LogP contribution in [-0.4, -0.2) is 15.9 Å². The second kappa shape index (κ2) is 7.45. The topological polar surface area (TPSA) is 65.1 Å². The van der Waals surface area contributed by atoms with Crippen LogP contribution in [0.3, 0.4) is 0 Å². The first-order valence-electron chi connectivity index (χ1n) is 7.05. The summed E-state index contributed by atoms with van der Waals surface area (Å²) < 4.78 is 7.88. The van der Waals surface area contributed by atoms with Crippen LogP contribution in [0.5, 0.6) is 5.75 Å². The number of nitrogens with zero attached hydrogens (tertiary/aromatic N) is 2. The number of hydrazine groups is 1. The molecule has 3 N–H and O–H groups in total. The fourth-order valence-corrected chi connectivity index (χ4v) is 2.47. The number of benzene rings is 1. The Labute approximate surface area is 130 Å². The molecular weight excluding hydrogens is 288 g/mol. The summed E-state index contributed by atoms with van der Waals surface area (Å²) in [5.74, 6) is 6.44. The Kier molecular flexibility index (Phi) is 5.61. The minimum Gasteiger partial charge on any atom is -0.489 e. The summed E-state index contributed by atoms with van der Waals surface area (Å²) in [6.45, 7) is 4.93. The van der Waals surface area contributed by atoms with Gasteiger partial charge in [0, 0.05) is 17.8 Å². The molecule has 2 unspecified atom stereocenters. The second-order valence-corrected chi connectivity index (χ2v) is 5.34. The van der Waals surface area contributed by atoms with E-state index in [0.717, 1.165) is 24.4 Å². The first kappa shape index (κ1) is 15.8. The fraction of sp³-hybridized carbons (Fsp3) is 0.400. The van der Waals surface area contributed by atoms with Crippen molar-refractivity contribution in [2.24, 2.45) is 5.84 Å². The van der Waals surface area contributed by atoms with E-state index >= 15 is 0 Å². The molecule has 5 nitrogen and oxygen atoms in total. The van der Waals surface area contributed by atoms with E-state index in [2.05, 4.69) is 17.4 Å². The predicted molar refractivity (Wildman–Crippen MR) is 84.1 cm³/mol. The molecule has 2 aromatic rings. The van der Waals surface area contributed by atoms with Crippen molar-refractivity contribution < 1.29 is 4.74 Å². The zero-order valence-electron chi connectivity index (χ0n) is 12.3. The van der Waals surface area contributed by atoms with Crippen molar-refractivity contribution >= 4 is 11.6 Å². The third kappa shape index (κ3) is 3.97. The molecule has 0 aliphatic carbocycles. The minimum atomic E-state index is -0.166. The number of rotatable bonds is 7. The molecule has 114 valence electrons.